The number of hydrogen-bond donors (Lipinski definition) is 1. The van der Waals surface area contributed by atoms with E-state index in [0.29, 0.717) is 16.3 Å². The predicted molar refractivity (Wildman–Crippen MR) is 147 cm³/mol. The van der Waals surface area contributed by atoms with Crippen molar-refractivity contribution in [2.24, 2.45) is 0 Å². The van der Waals surface area contributed by atoms with Gasteiger partial charge in [0.15, 0.2) is 0 Å². The number of carbonyl (C=O) groups is 1. The number of rotatable bonds is 9. The Balaban J connectivity index is 1.50. The van der Waals surface area contributed by atoms with Crippen molar-refractivity contribution < 1.29 is 17.9 Å². The Kier molecular flexibility index (Phi) is 7.66. The molecule has 3 aromatic carbocycles. The van der Waals surface area contributed by atoms with E-state index in [9.17, 15) is 13.2 Å². The molecule has 0 saturated carbocycles. The van der Waals surface area contributed by atoms with Gasteiger partial charge in [-0.2, -0.15) is 0 Å². The molecule has 0 unspecified atom stereocenters. The topological polar surface area (TPSA) is 75.7 Å². The van der Waals surface area contributed by atoms with E-state index in [1.165, 1.54) is 35.4 Å². The van der Waals surface area contributed by atoms with Crippen LogP contribution in [-0.4, -0.2) is 34.5 Å². The maximum absolute atomic E-state index is 13.4. The van der Waals surface area contributed by atoms with Gasteiger partial charge in [-0.3, -0.25) is 9.10 Å². The molecule has 0 bridgehead atoms. The molecule has 1 N–H and O–H groups in total. The van der Waals surface area contributed by atoms with Gasteiger partial charge >= 0.3 is 0 Å². The summed E-state index contributed by atoms with van der Waals surface area (Å²) in [5.41, 5.74) is 2.58. The summed E-state index contributed by atoms with van der Waals surface area (Å²) < 4.78 is 34.2. The van der Waals surface area contributed by atoms with E-state index < -0.39 is 10.0 Å². The molecule has 8 heteroatoms. The van der Waals surface area contributed by atoms with Gasteiger partial charge in [-0.1, -0.05) is 36.4 Å². The van der Waals surface area contributed by atoms with Crippen LogP contribution in [0.15, 0.2) is 77.7 Å². The van der Waals surface area contributed by atoms with Gasteiger partial charge in [0, 0.05) is 17.8 Å². The molecule has 0 aliphatic carbocycles. The largest absolute Gasteiger partial charge is 0.495 e. The average Bonchev–Trinajstić information content (AvgIpc) is 3.31. The zero-order valence-corrected chi connectivity index (χ0v) is 22.4. The van der Waals surface area contributed by atoms with E-state index in [1.54, 1.807) is 24.3 Å². The Morgan fingerprint density at radius 3 is 2.53 bits per heavy atom. The summed E-state index contributed by atoms with van der Waals surface area (Å²) in [6, 6.07) is 22.5. The molecular weight excluding hydrogens is 492 g/mol. The van der Waals surface area contributed by atoms with Crippen molar-refractivity contribution >= 4 is 43.0 Å². The number of amides is 1. The highest BCUT2D eigenvalue weighted by Gasteiger charge is 2.26. The average molecular weight is 523 g/mol. The molecule has 0 aliphatic heterocycles. The minimum atomic E-state index is -3.85. The number of fused-ring (bicyclic) bond motifs is 1. The Morgan fingerprint density at radius 2 is 1.81 bits per heavy atom. The smallest absolute Gasteiger partial charge is 0.267 e. The van der Waals surface area contributed by atoms with Gasteiger partial charge in [-0.25, -0.2) is 8.42 Å². The number of nitrogens with zero attached hydrogens (tertiary/aromatic N) is 1. The lowest BCUT2D eigenvalue weighted by Crippen LogP contribution is -2.32. The third-order valence-corrected chi connectivity index (χ3v) is 9.05. The molecule has 0 spiro atoms. The lowest BCUT2D eigenvalue weighted by molar-refractivity contribution is 0.0942. The maximum atomic E-state index is 13.4. The highest BCUT2D eigenvalue weighted by Crippen LogP contribution is 2.33. The number of thiophene rings is 1. The molecule has 0 radical (unpaired) electrons. The fraction of sp³-hybridized carbons (Fsp3) is 0.250. The summed E-state index contributed by atoms with van der Waals surface area (Å²) in [5, 5.41) is 3.90. The van der Waals surface area contributed by atoms with Crippen LogP contribution in [0.5, 0.6) is 5.75 Å². The molecule has 0 aliphatic rings. The quantitative estimate of drug-likeness (QED) is 0.302. The van der Waals surface area contributed by atoms with E-state index in [-0.39, 0.29) is 16.8 Å². The van der Waals surface area contributed by atoms with E-state index in [2.05, 4.69) is 17.4 Å². The van der Waals surface area contributed by atoms with Gasteiger partial charge in [-0.05, 0) is 79.6 Å². The first kappa shape index (κ1) is 25.7. The number of anilines is 1. The molecule has 1 atom stereocenters. The lowest BCUT2D eigenvalue weighted by Gasteiger charge is -2.21. The summed E-state index contributed by atoms with van der Waals surface area (Å²) in [6.45, 7) is 3.84. The highest BCUT2D eigenvalue weighted by atomic mass is 32.2. The molecule has 4 aromatic rings. The fourth-order valence-electron chi connectivity index (χ4n) is 4.01. The molecule has 36 heavy (non-hydrogen) atoms. The first-order valence-corrected chi connectivity index (χ1v) is 14.0. The van der Waals surface area contributed by atoms with Crippen LogP contribution in [0.3, 0.4) is 0 Å². The van der Waals surface area contributed by atoms with Crippen molar-refractivity contribution in [3.8, 4) is 5.75 Å². The van der Waals surface area contributed by atoms with Crippen molar-refractivity contribution in [3.63, 3.8) is 0 Å². The van der Waals surface area contributed by atoms with Crippen LogP contribution in [0.25, 0.3) is 10.1 Å². The van der Waals surface area contributed by atoms with Gasteiger partial charge in [0.05, 0.1) is 17.7 Å². The Labute approximate surface area is 216 Å². The van der Waals surface area contributed by atoms with Crippen LogP contribution in [0.2, 0.25) is 0 Å². The first-order chi connectivity index (χ1) is 17.2. The Hall–Kier alpha value is -3.36. The van der Waals surface area contributed by atoms with E-state index in [1.807, 2.05) is 50.2 Å². The molecule has 1 amide bonds. The zero-order chi connectivity index (χ0) is 25.9. The second kappa shape index (κ2) is 10.7. The third-order valence-electron chi connectivity index (χ3n) is 6.13. The van der Waals surface area contributed by atoms with Crippen LogP contribution in [-0.2, 0) is 16.4 Å². The summed E-state index contributed by atoms with van der Waals surface area (Å²) in [4.78, 5) is 13.6. The number of methoxy groups -OCH3 is 1. The standard InChI is InChI=1S/C28H30N2O4S2/c1-19-10-14-24(34-4)27(16-19)36(32,33)30(3)23-13-15-25-22(17-23)18-26(35-25)28(31)29-20(2)11-12-21-8-6-5-7-9-21/h5-10,13-18,20H,11-12H2,1-4H3,(H,29,31)/t20-/m0/s1. The van der Waals surface area contributed by atoms with E-state index in [0.717, 1.165) is 28.5 Å². The minimum Gasteiger partial charge on any atom is -0.495 e. The van der Waals surface area contributed by atoms with Crippen molar-refractivity contribution in [1.82, 2.24) is 5.32 Å². The summed E-state index contributed by atoms with van der Waals surface area (Å²) in [7, 11) is -0.873. The molecule has 6 nitrogen and oxygen atoms in total. The number of nitrogens with one attached hydrogen (secondary N) is 1. The maximum Gasteiger partial charge on any atom is 0.267 e. The SMILES string of the molecule is COc1ccc(C)cc1S(=O)(=O)N(C)c1ccc2sc(C(=O)N[C@@H](C)CCc3ccccc3)cc2c1. The third kappa shape index (κ3) is 5.55. The van der Waals surface area contributed by atoms with E-state index >= 15 is 0 Å². The minimum absolute atomic E-state index is 0.0269. The fourth-order valence-corrected chi connectivity index (χ4v) is 6.38. The van der Waals surface area contributed by atoms with Crippen LogP contribution in [0, 0.1) is 6.92 Å². The van der Waals surface area contributed by atoms with Crippen molar-refractivity contribution in [3.05, 3.63) is 88.8 Å². The zero-order valence-electron chi connectivity index (χ0n) is 20.8. The van der Waals surface area contributed by atoms with E-state index in [4.69, 9.17) is 4.74 Å². The first-order valence-electron chi connectivity index (χ1n) is 11.7. The van der Waals surface area contributed by atoms with Crippen LogP contribution in [0.4, 0.5) is 5.69 Å². The van der Waals surface area contributed by atoms with Crippen LogP contribution >= 0.6 is 11.3 Å². The lowest BCUT2D eigenvalue weighted by atomic mass is 10.1. The molecule has 4 rings (SSSR count). The molecule has 188 valence electrons. The number of sulfonamides is 1. The normalized spacial score (nSPS) is 12.3. The number of benzene rings is 3. The summed E-state index contributed by atoms with van der Waals surface area (Å²) in [5.74, 6) is 0.174. The molecule has 1 aromatic heterocycles. The summed E-state index contributed by atoms with van der Waals surface area (Å²) >= 11 is 1.39. The second-order valence-corrected chi connectivity index (χ2v) is 11.9. The van der Waals surface area contributed by atoms with Gasteiger partial charge < -0.3 is 10.1 Å². The number of ether oxygens (including phenoxy) is 1. The predicted octanol–water partition coefficient (Wildman–Crippen LogP) is 5.79. The Bertz CT molecular complexity index is 1480. The molecule has 0 fully saturated rings. The van der Waals surface area contributed by atoms with Crippen LogP contribution in [0.1, 0.15) is 34.1 Å². The summed E-state index contributed by atoms with van der Waals surface area (Å²) in [6.07, 6.45) is 1.74. The second-order valence-electron chi connectivity index (χ2n) is 8.86. The van der Waals surface area contributed by atoms with Crippen molar-refractivity contribution in [1.29, 1.82) is 0 Å². The molecule has 1 heterocycles. The number of aryl methyl sites for hydroxylation is 2. The van der Waals surface area contributed by atoms with Gasteiger partial charge in [0.1, 0.15) is 10.6 Å². The Morgan fingerprint density at radius 1 is 1.06 bits per heavy atom. The number of hydrogen-bond acceptors (Lipinski definition) is 5. The highest BCUT2D eigenvalue weighted by molar-refractivity contribution is 7.93. The van der Waals surface area contributed by atoms with Gasteiger partial charge in [0.25, 0.3) is 15.9 Å². The number of carbonyl (C=O) groups excluding carboxylic acids is 1. The molecule has 0 saturated heterocycles. The van der Waals surface area contributed by atoms with Crippen molar-refractivity contribution in [2.45, 2.75) is 37.6 Å². The van der Waals surface area contributed by atoms with Gasteiger partial charge in [0.2, 0.25) is 0 Å². The molecular formula is C28H30N2O4S2. The van der Waals surface area contributed by atoms with Crippen molar-refractivity contribution in [2.75, 3.05) is 18.5 Å². The van der Waals surface area contributed by atoms with Gasteiger partial charge in [-0.15, -0.1) is 11.3 Å². The monoisotopic (exact) mass is 522 g/mol. The van der Waals surface area contributed by atoms with Crippen LogP contribution < -0.4 is 14.4 Å².